The molecule has 1 atom stereocenters. The number of nitrogens with zero attached hydrogens (tertiary/aromatic N) is 3. The molecule has 1 fully saturated rings. The molecule has 1 aromatic heterocycles. The Morgan fingerprint density at radius 2 is 1.65 bits per heavy atom. The third-order valence-corrected chi connectivity index (χ3v) is 6.68. The maximum atomic E-state index is 13.6. The molecule has 1 amide bonds. The van der Waals surface area contributed by atoms with Gasteiger partial charge in [-0.1, -0.05) is 72.8 Å². The van der Waals surface area contributed by atoms with Gasteiger partial charge in [0, 0.05) is 31.4 Å². The van der Waals surface area contributed by atoms with Gasteiger partial charge in [0.15, 0.2) is 0 Å². The monoisotopic (exact) mass is 496 g/mol. The first-order chi connectivity index (χ1) is 18.2. The van der Waals surface area contributed by atoms with E-state index in [-0.39, 0.29) is 11.9 Å². The van der Waals surface area contributed by atoms with Gasteiger partial charge in [-0.2, -0.15) is 5.10 Å². The normalized spacial score (nSPS) is 14.7. The molecule has 2 heterocycles. The number of hydrogen-bond acceptors (Lipinski definition) is 5. The third kappa shape index (κ3) is 6.07. The molecule has 5 rings (SSSR count). The minimum Gasteiger partial charge on any atom is -0.497 e. The predicted octanol–water partition coefficient (Wildman–Crippen LogP) is 4.41. The van der Waals surface area contributed by atoms with Crippen molar-refractivity contribution in [2.45, 2.75) is 12.6 Å². The van der Waals surface area contributed by atoms with Crippen LogP contribution >= 0.6 is 0 Å². The maximum Gasteiger partial charge on any atom is 0.255 e. The third-order valence-electron chi connectivity index (χ3n) is 6.68. The van der Waals surface area contributed by atoms with Crippen LogP contribution in [0.4, 0.5) is 0 Å². The Kier molecular flexibility index (Phi) is 7.93. The van der Waals surface area contributed by atoms with Gasteiger partial charge in [0.1, 0.15) is 11.4 Å². The van der Waals surface area contributed by atoms with Gasteiger partial charge in [0.2, 0.25) is 0 Å². The first-order valence-electron chi connectivity index (χ1n) is 12.6. The van der Waals surface area contributed by atoms with Crippen LogP contribution in [0.5, 0.6) is 5.75 Å². The van der Waals surface area contributed by atoms with Crippen LogP contribution in [0.3, 0.4) is 0 Å². The second-order valence-corrected chi connectivity index (χ2v) is 9.09. The summed E-state index contributed by atoms with van der Waals surface area (Å²) < 4.78 is 12.8. The summed E-state index contributed by atoms with van der Waals surface area (Å²) in [6.07, 6.45) is 1.85. The van der Waals surface area contributed by atoms with Gasteiger partial charge in [-0.25, -0.2) is 0 Å². The number of ether oxygens (including phenoxy) is 2. The van der Waals surface area contributed by atoms with E-state index in [1.54, 1.807) is 7.11 Å². The minimum atomic E-state index is -0.134. The highest BCUT2D eigenvalue weighted by Gasteiger charge is 2.25. The average molecular weight is 497 g/mol. The smallest absolute Gasteiger partial charge is 0.255 e. The number of methoxy groups -OCH3 is 1. The summed E-state index contributed by atoms with van der Waals surface area (Å²) >= 11 is 0. The molecule has 1 saturated heterocycles. The van der Waals surface area contributed by atoms with Gasteiger partial charge in [0.25, 0.3) is 5.91 Å². The molecule has 0 bridgehead atoms. The van der Waals surface area contributed by atoms with Gasteiger partial charge in [-0.15, -0.1) is 0 Å². The highest BCUT2D eigenvalue weighted by molar-refractivity contribution is 5.99. The van der Waals surface area contributed by atoms with Crippen molar-refractivity contribution in [2.24, 2.45) is 0 Å². The van der Waals surface area contributed by atoms with Gasteiger partial charge >= 0.3 is 0 Å². The van der Waals surface area contributed by atoms with E-state index in [1.807, 2.05) is 71.5 Å². The SMILES string of the molecule is COc1ccc(C(CNC(=O)c2cn(Cc3ccccc3)nc2-c2ccccc2)N2CCOCC2)cc1. The van der Waals surface area contributed by atoms with E-state index in [2.05, 4.69) is 34.5 Å². The minimum absolute atomic E-state index is 0.0262. The molecule has 1 N–H and O–H groups in total. The number of morpholine rings is 1. The van der Waals surface area contributed by atoms with Crippen molar-refractivity contribution in [1.29, 1.82) is 0 Å². The number of carbonyl (C=O) groups excluding carboxylic acids is 1. The number of aromatic nitrogens is 2. The summed E-state index contributed by atoms with van der Waals surface area (Å²) in [5.74, 6) is 0.678. The van der Waals surface area contributed by atoms with Crippen LogP contribution in [0.1, 0.15) is 27.5 Å². The Morgan fingerprint density at radius 1 is 0.973 bits per heavy atom. The summed E-state index contributed by atoms with van der Waals surface area (Å²) in [4.78, 5) is 16.0. The number of carbonyl (C=O) groups is 1. The van der Waals surface area contributed by atoms with Crippen LogP contribution in [0.2, 0.25) is 0 Å². The molecule has 1 unspecified atom stereocenters. The van der Waals surface area contributed by atoms with Crippen LogP contribution < -0.4 is 10.1 Å². The fourth-order valence-corrected chi connectivity index (χ4v) is 4.71. The number of amides is 1. The first-order valence-corrected chi connectivity index (χ1v) is 12.6. The molecule has 0 aliphatic carbocycles. The zero-order valence-corrected chi connectivity index (χ0v) is 21.0. The highest BCUT2D eigenvalue weighted by atomic mass is 16.5. The zero-order valence-electron chi connectivity index (χ0n) is 21.0. The quantitative estimate of drug-likeness (QED) is 0.372. The van der Waals surface area contributed by atoms with E-state index in [4.69, 9.17) is 14.6 Å². The highest BCUT2D eigenvalue weighted by Crippen LogP contribution is 2.25. The van der Waals surface area contributed by atoms with Gasteiger partial charge in [0.05, 0.1) is 38.5 Å². The van der Waals surface area contributed by atoms with Crippen molar-refractivity contribution in [1.82, 2.24) is 20.0 Å². The van der Waals surface area contributed by atoms with Crippen LogP contribution in [0, 0.1) is 0 Å². The van der Waals surface area contributed by atoms with E-state index < -0.39 is 0 Å². The lowest BCUT2D eigenvalue weighted by Gasteiger charge is -2.35. The Balaban J connectivity index is 1.39. The first kappa shape index (κ1) is 24.7. The standard InChI is InChI=1S/C30H32N4O3/c1-36-26-14-12-24(13-15-26)28(33-16-18-37-19-17-33)20-31-30(35)27-22-34(21-23-8-4-2-5-9-23)32-29(27)25-10-6-3-7-11-25/h2-15,22,28H,16-21H2,1H3,(H,31,35). The molecular weight excluding hydrogens is 464 g/mol. The summed E-state index contributed by atoms with van der Waals surface area (Å²) in [6, 6.07) is 28.1. The molecule has 0 saturated carbocycles. The number of nitrogens with one attached hydrogen (secondary N) is 1. The molecule has 1 aliphatic rings. The zero-order chi connectivity index (χ0) is 25.5. The molecule has 37 heavy (non-hydrogen) atoms. The topological polar surface area (TPSA) is 68.6 Å². The van der Waals surface area contributed by atoms with E-state index in [1.165, 1.54) is 0 Å². The number of benzene rings is 3. The second-order valence-electron chi connectivity index (χ2n) is 9.09. The number of hydrogen-bond donors (Lipinski definition) is 1. The van der Waals surface area contributed by atoms with Gasteiger partial charge in [-0.05, 0) is 23.3 Å². The predicted molar refractivity (Wildman–Crippen MR) is 144 cm³/mol. The number of rotatable bonds is 9. The molecule has 1 aliphatic heterocycles. The molecule has 7 nitrogen and oxygen atoms in total. The van der Waals surface area contributed by atoms with Gasteiger partial charge < -0.3 is 14.8 Å². The van der Waals surface area contributed by atoms with Crippen molar-refractivity contribution < 1.29 is 14.3 Å². The maximum absolute atomic E-state index is 13.6. The van der Waals surface area contributed by atoms with Crippen molar-refractivity contribution >= 4 is 5.91 Å². The van der Waals surface area contributed by atoms with E-state index >= 15 is 0 Å². The molecule has 3 aromatic carbocycles. The Bertz CT molecular complexity index is 1280. The Labute approximate surface area is 217 Å². The lowest BCUT2D eigenvalue weighted by Crippen LogP contribution is -2.43. The van der Waals surface area contributed by atoms with Crippen molar-refractivity contribution in [3.05, 3.63) is 108 Å². The molecule has 0 radical (unpaired) electrons. The fraction of sp³-hybridized carbons (Fsp3) is 0.267. The van der Waals surface area contributed by atoms with E-state index in [0.717, 1.165) is 35.5 Å². The Morgan fingerprint density at radius 3 is 2.32 bits per heavy atom. The van der Waals surface area contributed by atoms with Gasteiger partial charge in [-0.3, -0.25) is 14.4 Å². The van der Waals surface area contributed by atoms with Crippen LogP contribution in [0.15, 0.2) is 91.1 Å². The fourth-order valence-electron chi connectivity index (χ4n) is 4.71. The summed E-state index contributed by atoms with van der Waals surface area (Å²) in [7, 11) is 1.66. The van der Waals surface area contributed by atoms with Crippen molar-refractivity contribution in [3.8, 4) is 17.0 Å². The van der Waals surface area contributed by atoms with Crippen molar-refractivity contribution in [2.75, 3.05) is 40.0 Å². The Hall–Kier alpha value is -3.94. The molecule has 190 valence electrons. The summed E-state index contributed by atoms with van der Waals surface area (Å²) in [5.41, 5.74) is 4.42. The lowest BCUT2D eigenvalue weighted by molar-refractivity contribution is 0.0162. The van der Waals surface area contributed by atoms with Crippen LogP contribution in [-0.2, 0) is 11.3 Å². The van der Waals surface area contributed by atoms with Crippen LogP contribution in [0.25, 0.3) is 11.3 Å². The van der Waals surface area contributed by atoms with Crippen LogP contribution in [-0.4, -0.2) is 60.5 Å². The molecule has 0 spiro atoms. The van der Waals surface area contributed by atoms with Crippen molar-refractivity contribution in [3.63, 3.8) is 0 Å². The molecular formula is C30H32N4O3. The summed E-state index contributed by atoms with van der Waals surface area (Å²) in [6.45, 7) is 4.07. The second kappa shape index (κ2) is 11.9. The van der Waals surface area contributed by atoms with E-state index in [0.29, 0.717) is 37.6 Å². The largest absolute Gasteiger partial charge is 0.497 e. The average Bonchev–Trinajstić information content (AvgIpc) is 3.39. The molecule has 7 heteroatoms. The summed E-state index contributed by atoms with van der Waals surface area (Å²) in [5, 5.41) is 8.01. The lowest BCUT2D eigenvalue weighted by atomic mass is 10.0. The molecule has 4 aromatic rings. The van der Waals surface area contributed by atoms with E-state index in [9.17, 15) is 4.79 Å².